The van der Waals surface area contributed by atoms with Gasteiger partial charge < -0.3 is 15.1 Å². The van der Waals surface area contributed by atoms with E-state index in [1.165, 1.54) is 12.1 Å². The van der Waals surface area contributed by atoms with Gasteiger partial charge in [-0.15, -0.1) is 0 Å². The maximum absolute atomic E-state index is 13.4. The number of benzene rings is 3. The SMILES string of the molecule is CCCS(=O)(=O)c1ccccc1C(=O)Nc1ccccc1C(=O)N1CCN(c2ccccc2)CC1. The van der Waals surface area contributed by atoms with Gasteiger partial charge in [0.25, 0.3) is 11.8 Å². The molecule has 1 heterocycles. The van der Waals surface area contributed by atoms with Crippen molar-refractivity contribution < 1.29 is 18.0 Å². The molecule has 0 aliphatic carbocycles. The van der Waals surface area contributed by atoms with Gasteiger partial charge in [0, 0.05) is 31.9 Å². The van der Waals surface area contributed by atoms with Crippen LogP contribution in [-0.4, -0.2) is 57.1 Å². The van der Waals surface area contributed by atoms with E-state index in [4.69, 9.17) is 0 Å². The third kappa shape index (κ3) is 5.54. The Balaban J connectivity index is 1.51. The van der Waals surface area contributed by atoms with Crippen molar-refractivity contribution >= 4 is 33.0 Å². The van der Waals surface area contributed by atoms with Gasteiger partial charge >= 0.3 is 0 Å². The summed E-state index contributed by atoms with van der Waals surface area (Å²) in [5, 5.41) is 2.77. The largest absolute Gasteiger partial charge is 0.368 e. The Kier molecular flexibility index (Phi) is 7.51. The first-order chi connectivity index (χ1) is 16.9. The van der Waals surface area contributed by atoms with Gasteiger partial charge in [0.15, 0.2) is 9.84 Å². The molecule has 1 fully saturated rings. The number of hydrogen-bond acceptors (Lipinski definition) is 5. The highest BCUT2D eigenvalue weighted by Gasteiger charge is 2.26. The molecule has 0 saturated carbocycles. The van der Waals surface area contributed by atoms with Crippen LogP contribution in [0.3, 0.4) is 0 Å². The highest BCUT2D eigenvalue weighted by molar-refractivity contribution is 7.91. The van der Waals surface area contributed by atoms with Gasteiger partial charge in [-0.1, -0.05) is 49.4 Å². The molecule has 0 atom stereocenters. The molecule has 0 unspecified atom stereocenters. The first-order valence-electron chi connectivity index (χ1n) is 11.7. The number of carbonyl (C=O) groups excluding carboxylic acids is 2. The van der Waals surface area contributed by atoms with Gasteiger partial charge in [0.1, 0.15) is 0 Å². The fourth-order valence-electron chi connectivity index (χ4n) is 4.25. The molecule has 1 aliphatic heterocycles. The molecule has 35 heavy (non-hydrogen) atoms. The van der Waals surface area contributed by atoms with Gasteiger partial charge in [-0.05, 0) is 42.8 Å². The van der Waals surface area contributed by atoms with Gasteiger partial charge in [-0.3, -0.25) is 9.59 Å². The maximum Gasteiger partial charge on any atom is 0.257 e. The van der Waals surface area contributed by atoms with Crippen LogP contribution in [-0.2, 0) is 9.84 Å². The van der Waals surface area contributed by atoms with Crippen LogP contribution >= 0.6 is 0 Å². The van der Waals surface area contributed by atoms with Gasteiger partial charge in [-0.2, -0.15) is 0 Å². The van der Waals surface area contributed by atoms with Crippen LogP contribution in [0.15, 0.2) is 83.8 Å². The number of rotatable bonds is 7. The smallest absolute Gasteiger partial charge is 0.257 e. The minimum atomic E-state index is -3.59. The molecule has 3 aromatic rings. The van der Waals surface area contributed by atoms with E-state index in [1.54, 1.807) is 48.2 Å². The number of nitrogens with one attached hydrogen (secondary N) is 1. The summed E-state index contributed by atoms with van der Waals surface area (Å²) in [6, 6.07) is 23.1. The summed E-state index contributed by atoms with van der Waals surface area (Å²) in [5.41, 5.74) is 1.93. The number of nitrogens with zero attached hydrogens (tertiary/aromatic N) is 2. The molecular formula is C27H29N3O4S. The van der Waals surface area contributed by atoms with Crippen molar-refractivity contribution in [2.45, 2.75) is 18.2 Å². The molecule has 8 heteroatoms. The molecule has 7 nitrogen and oxygen atoms in total. The highest BCUT2D eigenvalue weighted by Crippen LogP contribution is 2.23. The van der Waals surface area contributed by atoms with Gasteiger partial charge in [0.05, 0.1) is 27.5 Å². The molecule has 0 radical (unpaired) electrons. The van der Waals surface area contributed by atoms with E-state index in [2.05, 4.69) is 22.3 Å². The van der Waals surface area contributed by atoms with Gasteiger partial charge in [0.2, 0.25) is 0 Å². The molecule has 2 amide bonds. The Morgan fingerprint density at radius 1 is 0.800 bits per heavy atom. The fraction of sp³-hybridized carbons (Fsp3) is 0.259. The number of amides is 2. The van der Waals surface area contributed by atoms with E-state index >= 15 is 0 Å². The predicted molar refractivity (Wildman–Crippen MR) is 138 cm³/mol. The lowest BCUT2D eigenvalue weighted by molar-refractivity contribution is 0.0748. The Bertz CT molecular complexity index is 1300. The normalized spacial score (nSPS) is 14.0. The first-order valence-corrected chi connectivity index (χ1v) is 13.4. The lowest BCUT2D eigenvalue weighted by Gasteiger charge is -2.36. The predicted octanol–water partition coefficient (Wildman–Crippen LogP) is 4.09. The zero-order chi connectivity index (χ0) is 24.8. The second-order valence-corrected chi connectivity index (χ2v) is 10.5. The van der Waals surface area contributed by atoms with E-state index in [-0.39, 0.29) is 22.1 Å². The van der Waals surface area contributed by atoms with E-state index in [1.807, 2.05) is 18.2 Å². The van der Waals surface area contributed by atoms with Crippen LogP contribution in [0.25, 0.3) is 0 Å². The number of sulfone groups is 1. The summed E-state index contributed by atoms with van der Waals surface area (Å²) in [6.45, 7) is 4.34. The average Bonchev–Trinajstić information content (AvgIpc) is 2.89. The van der Waals surface area contributed by atoms with Crippen molar-refractivity contribution in [1.29, 1.82) is 0 Å². The van der Waals surface area contributed by atoms with Crippen LogP contribution < -0.4 is 10.2 Å². The topological polar surface area (TPSA) is 86.8 Å². The Morgan fingerprint density at radius 2 is 1.40 bits per heavy atom. The molecule has 182 valence electrons. The molecule has 0 spiro atoms. The van der Waals surface area contributed by atoms with Crippen LogP contribution in [0.4, 0.5) is 11.4 Å². The van der Waals surface area contributed by atoms with E-state index in [0.29, 0.717) is 43.9 Å². The summed E-state index contributed by atoms with van der Waals surface area (Å²) in [6.07, 6.45) is 0.452. The summed E-state index contributed by atoms with van der Waals surface area (Å²) < 4.78 is 25.4. The highest BCUT2D eigenvalue weighted by atomic mass is 32.2. The number of anilines is 2. The minimum absolute atomic E-state index is 0.000177. The zero-order valence-corrected chi connectivity index (χ0v) is 20.5. The third-order valence-electron chi connectivity index (χ3n) is 6.03. The lowest BCUT2D eigenvalue weighted by atomic mass is 10.1. The van der Waals surface area contributed by atoms with Gasteiger partial charge in [-0.25, -0.2) is 8.42 Å². The quantitative estimate of drug-likeness (QED) is 0.538. The molecule has 1 aliphatic rings. The molecule has 4 rings (SSSR count). The van der Waals surface area contributed by atoms with Crippen molar-refractivity contribution in [3.63, 3.8) is 0 Å². The Hall–Kier alpha value is -3.65. The Labute approximate surface area is 206 Å². The second kappa shape index (κ2) is 10.7. The number of carbonyl (C=O) groups is 2. The Morgan fingerprint density at radius 3 is 2.09 bits per heavy atom. The summed E-state index contributed by atoms with van der Waals surface area (Å²) in [7, 11) is -3.59. The first kappa shape index (κ1) is 24.5. The average molecular weight is 492 g/mol. The molecule has 1 N–H and O–H groups in total. The molecular weight excluding hydrogens is 462 g/mol. The summed E-state index contributed by atoms with van der Waals surface area (Å²) >= 11 is 0. The molecule has 3 aromatic carbocycles. The fourth-order valence-corrected chi connectivity index (χ4v) is 5.79. The van der Waals surface area contributed by atoms with Crippen LogP contribution in [0, 0.1) is 0 Å². The third-order valence-corrected chi connectivity index (χ3v) is 8.01. The van der Waals surface area contributed by atoms with Crippen molar-refractivity contribution in [3.05, 3.63) is 90.0 Å². The standard InChI is InChI=1S/C27H29N3O4S/c1-2-20-35(33,34)25-15-9-7-13-23(25)26(31)28-24-14-8-6-12-22(24)27(32)30-18-16-29(17-19-30)21-10-4-3-5-11-21/h3-15H,2,16-20H2,1H3,(H,28,31). The van der Waals surface area contributed by atoms with Crippen molar-refractivity contribution in [2.75, 3.05) is 42.1 Å². The summed E-state index contributed by atoms with van der Waals surface area (Å²) in [4.78, 5) is 30.5. The monoisotopic (exact) mass is 491 g/mol. The number of hydrogen-bond donors (Lipinski definition) is 1. The van der Waals surface area contributed by atoms with E-state index in [9.17, 15) is 18.0 Å². The minimum Gasteiger partial charge on any atom is -0.368 e. The van der Waals surface area contributed by atoms with Crippen LogP contribution in [0.5, 0.6) is 0 Å². The van der Waals surface area contributed by atoms with E-state index in [0.717, 1.165) is 5.69 Å². The second-order valence-electron chi connectivity index (χ2n) is 8.43. The van der Waals surface area contributed by atoms with Crippen molar-refractivity contribution in [2.24, 2.45) is 0 Å². The maximum atomic E-state index is 13.4. The number of para-hydroxylation sites is 2. The van der Waals surface area contributed by atoms with E-state index < -0.39 is 15.7 Å². The van der Waals surface area contributed by atoms with Crippen LogP contribution in [0.2, 0.25) is 0 Å². The van der Waals surface area contributed by atoms with Crippen molar-refractivity contribution in [1.82, 2.24) is 4.90 Å². The van der Waals surface area contributed by atoms with Crippen LogP contribution in [0.1, 0.15) is 34.1 Å². The zero-order valence-electron chi connectivity index (χ0n) is 19.7. The lowest BCUT2D eigenvalue weighted by Crippen LogP contribution is -2.48. The summed E-state index contributed by atoms with van der Waals surface area (Å²) in [5.74, 6) is -0.767. The molecule has 0 aromatic heterocycles. The number of piperazine rings is 1. The van der Waals surface area contributed by atoms with Crippen molar-refractivity contribution in [3.8, 4) is 0 Å². The molecule has 1 saturated heterocycles. The molecule has 0 bridgehead atoms.